The van der Waals surface area contributed by atoms with Gasteiger partial charge in [-0.1, -0.05) is 0 Å². The van der Waals surface area contributed by atoms with Crippen LogP contribution in [0.3, 0.4) is 0 Å². The van der Waals surface area contributed by atoms with E-state index in [0.717, 1.165) is 23.4 Å². The first-order chi connectivity index (χ1) is 9.58. The van der Waals surface area contributed by atoms with E-state index >= 15 is 0 Å². The van der Waals surface area contributed by atoms with Crippen molar-refractivity contribution < 1.29 is 30.8 Å². The molecule has 1 saturated heterocycles. The van der Waals surface area contributed by atoms with E-state index in [2.05, 4.69) is 26.2 Å². The normalized spacial score (nSPS) is 23.8. The SMILES string of the molecule is COc1ccc(C2OCC[N+]2(C)C)cc1.[F][Sb-]([F])([F])([F])([F])[F]. The van der Waals surface area contributed by atoms with Gasteiger partial charge in [-0.15, -0.1) is 0 Å². The van der Waals surface area contributed by atoms with Crippen molar-refractivity contribution >= 4 is 19.5 Å². The molecule has 0 bridgehead atoms. The number of hydrogen-bond donors (Lipinski definition) is 0. The summed E-state index contributed by atoms with van der Waals surface area (Å²) in [5.41, 5.74) is 1.22. The van der Waals surface area contributed by atoms with E-state index in [1.54, 1.807) is 7.11 Å². The molecule has 0 N–H and O–H groups in total. The third-order valence-electron chi connectivity index (χ3n) is 2.98. The first-order valence-electron chi connectivity index (χ1n) is 6.23. The summed E-state index contributed by atoms with van der Waals surface area (Å²) in [7, 11) is 6.07. The molecule has 0 spiro atoms. The Kier molecular flexibility index (Phi) is 4.81. The minimum absolute atomic E-state index is 0.163. The van der Waals surface area contributed by atoms with Gasteiger partial charge in [0.1, 0.15) is 18.9 Å². The van der Waals surface area contributed by atoms with Crippen LogP contribution in [0.5, 0.6) is 5.75 Å². The summed E-state index contributed by atoms with van der Waals surface area (Å²) >= 11 is -11.2. The van der Waals surface area contributed by atoms with Crippen LogP contribution >= 0.6 is 0 Å². The Balaban J connectivity index is 0.000000295. The number of nitrogens with zero attached hydrogens (tertiary/aromatic N) is 1. The molecule has 1 fully saturated rings. The van der Waals surface area contributed by atoms with Crippen molar-refractivity contribution in [1.29, 1.82) is 0 Å². The Morgan fingerprint density at radius 1 is 1.05 bits per heavy atom. The molecule has 22 heavy (non-hydrogen) atoms. The molecule has 1 aromatic rings. The zero-order chi connectivity index (χ0) is 17.3. The predicted molar refractivity (Wildman–Crippen MR) is 71.1 cm³/mol. The van der Waals surface area contributed by atoms with Gasteiger partial charge in [0.05, 0.1) is 21.2 Å². The van der Waals surface area contributed by atoms with Crippen LogP contribution in [-0.4, -0.2) is 58.3 Å². The maximum atomic E-state index is 9.93. The summed E-state index contributed by atoms with van der Waals surface area (Å²) < 4.78 is 71.3. The van der Waals surface area contributed by atoms with Gasteiger partial charge >= 0.3 is 36.4 Å². The molecule has 1 aromatic carbocycles. The van der Waals surface area contributed by atoms with Crippen LogP contribution in [-0.2, 0) is 4.74 Å². The van der Waals surface area contributed by atoms with Crippen molar-refractivity contribution in [3.8, 4) is 5.75 Å². The van der Waals surface area contributed by atoms with E-state index in [-0.39, 0.29) is 6.23 Å². The number of hydrogen-bond acceptors (Lipinski definition) is 2. The van der Waals surface area contributed by atoms with Gasteiger partial charge in [-0.3, -0.25) is 4.48 Å². The molecule has 0 amide bonds. The first kappa shape index (κ1) is 19.4. The topological polar surface area (TPSA) is 18.5 Å². The van der Waals surface area contributed by atoms with Crippen LogP contribution in [0.1, 0.15) is 11.8 Å². The number of rotatable bonds is 2. The fourth-order valence-electron chi connectivity index (χ4n) is 1.99. The molecule has 1 unspecified atom stereocenters. The third-order valence-corrected chi connectivity index (χ3v) is 2.98. The van der Waals surface area contributed by atoms with Crippen molar-refractivity contribution in [2.75, 3.05) is 34.4 Å². The van der Waals surface area contributed by atoms with E-state index in [9.17, 15) is 16.9 Å². The van der Waals surface area contributed by atoms with Gasteiger partial charge in [-0.2, -0.15) is 0 Å². The Morgan fingerprint density at radius 3 is 1.82 bits per heavy atom. The first-order valence-corrected chi connectivity index (χ1v) is 12.0. The van der Waals surface area contributed by atoms with Gasteiger partial charge < -0.3 is 9.47 Å². The van der Waals surface area contributed by atoms with Gasteiger partial charge in [0.2, 0.25) is 6.23 Å². The van der Waals surface area contributed by atoms with Gasteiger partial charge in [0, 0.05) is 5.56 Å². The van der Waals surface area contributed by atoms with Gasteiger partial charge in [-0.05, 0) is 24.3 Å². The van der Waals surface area contributed by atoms with Crippen LogP contribution < -0.4 is 4.74 Å². The molecule has 0 aromatic heterocycles. The third kappa shape index (κ3) is 8.10. The second-order valence-corrected chi connectivity index (χ2v) is 10.9. The Labute approximate surface area is 126 Å². The molecule has 0 saturated carbocycles. The molecule has 1 aliphatic rings. The molecule has 1 aliphatic heterocycles. The summed E-state index contributed by atoms with van der Waals surface area (Å²) in [6.07, 6.45) is 0.163. The summed E-state index contributed by atoms with van der Waals surface area (Å²) in [6, 6.07) is 8.12. The van der Waals surface area contributed by atoms with Gasteiger partial charge in [-0.25, -0.2) is 0 Å². The average molecular weight is 444 g/mol. The molecule has 1 heterocycles. The molecule has 0 aliphatic carbocycles. The fourth-order valence-corrected chi connectivity index (χ4v) is 1.99. The van der Waals surface area contributed by atoms with Gasteiger partial charge in [0.15, 0.2) is 0 Å². The second kappa shape index (κ2) is 5.46. The van der Waals surface area contributed by atoms with Crippen LogP contribution in [0.2, 0.25) is 0 Å². The predicted octanol–water partition coefficient (Wildman–Crippen LogP) is 3.94. The van der Waals surface area contributed by atoms with Crippen molar-refractivity contribution in [2.24, 2.45) is 0 Å². The van der Waals surface area contributed by atoms with E-state index in [4.69, 9.17) is 9.47 Å². The van der Waals surface area contributed by atoms with Crippen molar-refractivity contribution in [1.82, 2.24) is 0 Å². The van der Waals surface area contributed by atoms with Crippen molar-refractivity contribution in [3.05, 3.63) is 29.8 Å². The van der Waals surface area contributed by atoms with Crippen LogP contribution in [0.15, 0.2) is 24.3 Å². The summed E-state index contributed by atoms with van der Waals surface area (Å²) in [4.78, 5) is 0. The minimum atomic E-state index is -11.2. The summed E-state index contributed by atoms with van der Waals surface area (Å²) in [6.45, 7) is 1.90. The summed E-state index contributed by atoms with van der Waals surface area (Å²) in [5.74, 6) is 0.891. The molecule has 130 valence electrons. The average Bonchev–Trinajstić information content (AvgIpc) is 2.65. The van der Waals surface area contributed by atoms with Crippen LogP contribution in [0.25, 0.3) is 0 Å². The zero-order valence-corrected chi connectivity index (χ0v) is 14.8. The standard InChI is InChI=1S/C12H18NO2.6FH.Sb/c1-13(2)8-9-15-12(13)10-4-6-11(14-3)7-5-10;;;;;;;/h4-7,12H,8-9H2,1-3H3;6*1H;/q+1;;;;;;;+5/p-6. The number of benzene rings is 1. The fraction of sp³-hybridized carbons (Fsp3) is 0.500. The molecular weight excluding hydrogens is 426 g/mol. The van der Waals surface area contributed by atoms with E-state index in [1.165, 1.54) is 5.56 Å². The Bertz CT molecular complexity index is 502. The van der Waals surface area contributed by atoms with Crippen molar-refractivity contribution in [2.45, 2.75) is 6.23 Å². The van der Waals surface area contributed by atoms with E-state index in [0.29, 0.717) is 0 Å². The zero-order valence-electron chi connectivity index (χ0n) is 12.3. The van der Waals surface area contributed by atoms with E-state index in [1.807, 2.05) is 12.1 Å². The maximum absolute atomic E-state index is 11.2. The number of methoxy groups -OCH3 is 1. The van der Waals surface area contributed by atoms with Crippen LogP contribution in [0, 0.1) is 0 Å². The number of quaternary nitrogens is 1. The quantitative estimate of drug-likeness (QED) is 0.391. The molecule has 3 nitrogen and oxygen atoms in total. The van der Waals surface area contributed by atoms with Crippen LogP contribution in [0.4, 0.5) is 16.9 Å². The number of ether oxygens (including phenoxy) is 2. The Hall–Kier alpha value is -0.662. The molecular formula is C12H18F6NO2Sb. The second-order valence-electron chi connectivity index (χ2n) is 5.46. The molecule has 2 rings (SSSR count). The molecule has 0 radical (unpaired) electrons. The Morgan fingerprint density at radius 2 is 1.50 bits per heavy atom. The van der Waals surface area contributed by atoms with Gasteiger partial charge in [0.25, 0.3) is 0 Å². The monoisotopic (exact) mass is 443 g/mol. The number of likely N-dealkylation sites (N-methyl/N-ethyl adjacent to an activating group) is 1. The molecule has 10 heteroatoms. The van der Waals surface area contributed by atoms with Crippen molar-refractivity contribution in [3.63, 3.8) is 0 Å². The summed E-state index contributed by atoms with van der Waals surface area (Å²) in [5, 5.41) is 0. The molecule has 1 atom stereocenters. The number of halogens is 6. The van der Waals surface area contributed by atoms with E-state index < -0.39 is 19.5 Å².